The van der Waals surface area contributed by atoms with E-state index >= 15 is 0 Å². The second-order valence-electron chi connectivity index (χ2n) is 4.31. The Balaban J connectivity index is 2.37. The second-order valence-corrected chi connectivity index (χ2v) is 4.31. The van der Waals surface area contributed by atoms with Crippen molar-refractivity contribution in [2.75, 3.05) is 19.7 Å². The number of nitrogens with zero attached hydrogens (tertiary/aromatic N) is 1. The highest BCUT2D eigenvalue weighted by molar-refractivity contribution is 5.80. The second kappa shape index (κ2) is 7.49. The summed E-state index contributed by atoms with van der Waals surface area (Å²) in [7, 11) is 0. The molecule has 0 aromatic carbocycles. The van der Waals surface area contributed by atoms with Crippen molar-refractivity contribution in [1.29, 1.82) is 0 Å². The number of rotatable bonds is 5. The molecule has 1 rings (SSSR count). The van der Waals surface area contributed by atoms with Gasteiger partial charge in [0.2, 0.25) is 0 Å². The van der Waals surface area contributed by atoms with Crippen LogP contribution in [0.2, 0.25) is 0 Å². The lowest BCUT2D eigenvalue weighted by molar-refractivity contribution is 0.117. The first-order valence-corrected chi connectivity index (χ1v) is 6.42. The summed E-state index contributed by atoms with van der Waals surface area (Å²) in [6, 6.07) is 0.460. The Morgan fingerprint density at radius 1 is 1.50 bits per heavy atom. The molecule has 4 nitrogen and oxygen atoms in total. The van der Waals surface area contributed by atoms with Crippen LogP contribution in [-0.4, -0.2) is 37.8 Å². The average Bonchev–Trinajstić information content (AvgIpc) is 2.79. The minimum atomic E-state index is 0.326. The predicted molar refractivity (Wildman–Crippen MR) is 67.8 cm³/mol. The molecule has 1 saturated heterocycles. The van der Waals surface area contributed by atoms with Crippen LogP contribution in [0.4, 0.5) is 0 Å². The van der Waals surface area contributed by atoms with Gasteiger partial charge in [-0.05, 0) is 33.1 Å². The van der Waals surface area contributed by atoms with Crippen molar-refractivity contribution in [3.05, 3.63) is 0 Å². The number of nitrogens with one attached hydrogen (secondary N) is 2. The molecule has 0 radical (unpaired) electrons. The maximum atomic E-state index is 5.55. The van der Waals surface area contributed by atoms with Gasteiger partial charge in [0.15, 0.2) is 5.96 Å². The molecule has 0 spiro atoms. The Morgan fingerprint density at radius 3 is 2.88 bits per heavy atom. The van der Waals surface area contributed by atoms with Crippen LogP contribution < -0.4 is 10.6 Å². The van der Waals surface area contributed by atoms with E-state index in [1.165, 1.54) is 6.42 Å². The van der Waals surface area contributed by atoms with E-state index in [2.05, 4.69) is 36.4 Å². The van der Waals surface area contributed by atoms with E-state index in [1.807, 2.05) is 0 Å². The molecule has 1 aliphatic rings. The zero-order chi connectivity index (χ0) is 11.8. The quantitative estimate of drug-likeness (QED) is 0.553. The predicted octanol–water partition coefficient (Wildman–Crippen LogP) is 1.52. The third-order valence-corrected chi connectivity index (χ3v) is 2.82. The molecule has 2 atom stereocenters. The molecule has 0 aromatic rings. The first-order chi connectivity index (χ1) is 7.76. The maximum absolute atomic E-state index is 5.55. The number of aliphatic imine (C=N–C) groups is 1. The van der Waals surface area contributed by atoms with Gasteiger partial charge in [-0.25, -0.2) is 0 Å². The Labute approximate surface area is 98.9 Å². The molecular weight excluding hydrogens is 202 g/mol. The van der Waals surface area contributed by atoms with Gasteiger partial charge in [0.05, 0.1) is 12.6 Å². The number of hydrogen-bond donors (Lipinski definition) is 2. The van der Waals surface area contributed by atoms with Crippen LogP contribution in [0, 0.1) is 0 Å². The van der Waals surface area contributed by atoms with Crippen molar-refractivity contribution in [2.24, 2.45) is 4.99 Å². The first kappa shape index (κ1) is 13.3. The van der Waals surface area contributed by atoms with Crippen LogP contribution in [-0.2, 0) is 4.74 Å². The van der Waals surface area contributed by atoms with E-state index < -0.39 is 0 Å². The Morgan fingerprint density at radius 2 is 2.31 bits per heavy atom. The average molecular weight is 227 g/mol. The van der Waals surface area contributed by atoms with Crippen LogP contribution in [0.25, 0.3) is 0 Å². The van der Waals surface area contributed by atoms with Crippen LogP contribution in [0.5, 0.6) is 0 Å². The zero-order valence-electron chi connectivity index (χ0n) is 10.8. The third-order valence-electron chi connectivity index (χ3n) is 2.82. The molecule has 4 heteroatoms. The first-order valence-electron chi connectivity index (χ1n) is 6.42. The van der Waals surface area contributed by atoms with Crippen molar-refractivity contribution >= 4 is 5.96 Å². The molecule has 2 unspecified atom stereocenters. The van der Waals surface area contributed by atoms with Gasteiger partial charge in [-0.1, -0.05) is 6.92 Å². The van der Waals surface area contributed by atoms with Crippen molar-refractivity contribution in [3.8, 4) is 0 Å². The highest BCUT2D eigenvalue weighted by Gasteiger charge is 2.15. The molecule has 1 aliphatic heterocycles. The van der Waals surface area contributed by atoms with E-state index in [-0.39, 0.29) is 0 Å². The van der Waals surface area contributed by atoms with E-state index in [0.717, 1.165) is 38.5 Å². The largest absolute Gasteiger partial charge is 0.376 e. The van der Waals surface area contributed by atoms with Gasteiger partial charge in [0.25, 0.3) is 0 Å². The Bertz CT molecular complexity index is 212. The fourth-order valence-corrected chi connectivity index (χ4v) is 1.64. The van der Waals surface area contributed by atoms with E-state index in [4.69, 9.17) is 4.74 Å². The summed E-state index contributed by atoms with van der Waals surface area (Å²) in [6.07, 6.45) is 3.75. The lowest BCUT2D eigenvalue weighted by atomic mass is 10.2. The van der Waals surface area contributed by atoms with Crippen LogP contribution in [0.3, 0.4) is 0 Å². The third kappa shape index (κ3) is 4.84. The standard InChI is InChI=1S/C12H25N3O/c1-4-10(3)15-12(13-5-2)14-9-11-7-6-8-16-11/h10-11H,4-9H2,1-3H3,(H2,13,14,15). The summed E-state index contributed by atoms with van der Waals surface area (Å²) in [5.74, 6) is 0.910. The van der Waals surface area contributed by atoms with Crippen molar-refractivity contribution in [2.45, 2.75) is 52.2 Å². The van der Waals surface area contributed by atoms with E-state index in [9.17, 15) is 0 Å². The molecule has 1 fully saturated rings. The highest BCUT2D eigenvalue weighted by atomic mass is 16.5. The maximum Gasteiger partial charge on any atom is 0.191 e. The van der Waals surface area contributed by atoms with Crippen molar-refractivity contribution < 1.29 is 4.74 Å². The van der Waals surface area contributed by atoms with Crippen molar-refractivity contribution in [3.63, 3.8) is 0 Å². The van der Waals surface area contributed by atoms with Gasteiger partial charge in [0, 0.05) is 19.2 Å². The van der Waals surface area contributed by atoms with Crippen LogP contribution in [0.15, 0.2) is 4.99 Å². The number of ether oxygens (including phenoxy) is 1. The van der Waals surface area contributed by atoms with Gasteiger partial charge < -0.3 is 15.4 Å². The van der Waals surface area contributed by atoms with Gasteiger partial charge in [-0.15, -0.1) is 0 Å². The summed E-state index contributed by atoms with van der Waals surface area (Å²) in [6.45, 7) is 8.98. The molecule has 0 saturated carbocycles. The molecule has 0 aliphatic carbocycles. The van der Waals surface area contributed by atoms with E-state index in [0.29, 0.717) is 12.1 Å². The Hall–Kier alpha value is -0.770. The molecule has 2 N–H and O–H groups in total. The number of hydrogen-bond acceptors (Lipinski definition) is 2. The summed E-state index contributed by atoms with van der Waals surface area (Å²) in [5.41, 5.74) is 0. The normalized spacial score (nSPS) is 23.2. The number of guanidine groups is 1. The summed E-state index contributed by atoms with van der Waals surface area (Å²) >= 11 is 0. The molecule has 0 aromatic heterocycles. The van der Waals surface area contributed by atoms with Gasteiger partial charge in [0.1, 0.15) is 0 Å². The molecule has 1 heterocycles. The van der Waals surface area contributed by atoms with Gasteiger partial charge >= 0.3 is 0 Å². The molecule has 0 bridgehead atoms. The van der Waals surface area contributed by atoms with Crippen molar-refractivity contribution in [1.82, 2.24) is 10.6 Å². The Kier molecular flexibility index (Phi) is 6.23. The zero-order valence-corrected chi connectivity index (χ0v) is 10.8. The van der Waals surface area contributed by atoms with Crippen LogP contribution in [0.1, 0.15) is 40.0 Å². The van der Waals surface area contributed by atoms with Gasteiger partial charge in [-0.3, -0.25) is 4.99 Å². The monoisotopic (exact) mass is 227 g/mol. The van der Waals surface area contributed by atoms with E-state index in [1.54, 1.807) is 0 Å². The molecule has 16 heavy (non-hydrogen) atoms. The minimum absolute atomic E-state index is 0.326. The smallest absolute Gasteiger partial charge is 0.191 e. The fraction of sp³-hybridized carbons (Fsp3) is 0.917. The molecular formula is C12H25N3O. The summed E-state index contributed by atoms with van der Waals surface area (Å²) in [5, 5.41) is 6.63. The van der Waals surface area contributed by atoms with Gasteiger partial charge in [-0.2, -0.15) is 0 Å². The molecule has 0 amide bonds. The highest BCUT2D eigenvalue weighted by Crippen LogP contribution is 2.11. The lowest BCUT2D eigenvalue weighted by Crippen LogP contribution is -2.42. The summed E-state index contributed by atoms with van der Waals surface area (Å²) < 4.78 is 5.55. The fourth-order valence-electron chi connectivity index (χ4n) is 1.64. The van der Waals surface area contributed by atoms with Crippen LogP contribution >= 0.6 is 0 Å². The SMILES string of the molecule is CCNC(=NCC1CCCO1)NC(C)CC. The molecule has 94 valence electrons. The minimum Gasteiger partial charge on any atom is -0.376 e. The summed E-state index contributed by atoms with van der Waals surface area (Å²) in [4.78, 5) is 4.55. The topological polar surface area (TPSA) is 45.7 Å². The lowest BCUT2D eigenvalue weighted by Gasteiger charge is -2.16.